The van der Waals surface area contributed by atoms with E-state index < -0.39 is 4.92 Å². The fourth-order valence-corrected chi connectivity index (χ4v) is 2.02. The quantitative estimate of drug-likeness (QED) is 0.442. The number of nitro benzene ring substituents is 1. The number of carbonyl (C=O) groups excluding carboxylic acids is 1. The van der Waals surface area contributed by atoms with Gasteiger partial charge in [-0.25, -0.2) is 0 Å². The average Bonchev–Trinajstić information content (AvgIpc) is 3.10. The molecule has 0 radical (unpaired) electrons. The van der Waals surface area contributed by atoms with Gasteiger partial charge in [0.2, 0.25) is 5.91 Å². The summed E-state index contributed by atoms with van der Waals surface area (Å²) < 4.78 is 5.23. The molecule has 0 saturated heterocycles. The number of carbonyl (C=O) groups is 1. The second kappa shape index (κ2) is 8.29. The largest absolute Gasteiger partial charge is 0.467 e. The van der Waals surface area contributed by atoms with Gasteiger partial charge in [0, 0.05) is 24.8 Å². The third-order valence-electron chi connectivity index (χ3n) is 3.25. The zero-order valence-electron chi connectivity index (χ0n) is 12.8. The second-order valence-corrected chi connectivity index (χ2v) is 4.93. The highest BCUT2D eigenvalue weighted by atomic mass is 16.6. The van der Waals surface area contributed by atoms with Crippen LogP contribution >= 0.6 is 0 Å². The van der Waals surface area contributed by atoms with E-state index in [9.17, 15) is 14.9 Å². The summed E-state index contributed by atoms with van der Waals surface area (Å²) in [7, 11) is 0. The number of nitro groups is 1. The zero-order chi connectivity index (χ0) is 17.4. The van der Waals surface area contributed by atoms with Gasteiger partial charge in [-0.1, -0.05) is 0 Å². The number of amides is 1. The summed E-state index contributed by atoms with van der Waals surface area (Å²) in [5.74, 6) is 0.366. The third kappa shape index (κ3) is 4.81. The van der Waals surface area contributed by atoms with Crippen molar-refractivity contribution in [1.29, 1.82) is 5.26 Å². The highest BCUT2D eigenvalue weighted by molar-refractivity contribution is 5.91. The van der Waals surface area contributed by atoms with Crippen molar-refractivity contribution in [1.82, 2.24) is 4.90 Å². The molecule has 1 aromatic carbocycles. The summed E-state index contributed by atoms with van der Waals surface area (Å²) >= 11 is 0. The summed E-state index contributed by atoms with van der Waals surface area (Å²) in [6, 6.07) is 11.4. The van der Waals surface area contributed by atoms with Crippen LogP contribution in [0, 0.1) is 21.4 Å². The molecule has 122 valence electrons. The van der Waals surface area contributed by atoms with E-state index in [-0.39, 0.29) is 24.6 Å². The molecule has 1 aromatic heterocycles. The first kappa shape index (κ1) is 17.0. The smallest absolute Gasteiger partial charge is 0.269 e. The van der Waals surface area contributed by atoms with E-state index in [2.05, 4.69) is 0 Å². The lowest BCUT2D eigenvalue weighted by Gasteiger charge is -2.18. The Labute approximate surface area is 138 Å². The first-order valence-electron chi connectivity index (χ1n) is 7.21. The second-order valence-electron chi connectivity index (χ2n) is 4.93. The number of hydrogen-bond acceptors (Lipinski definition) is 5. The SMILES string of the molecule is N#CCCN(Cc1ccco1)C(=O)/C=C/c1ccc([N+](=O)[O-])cc1. The Morgan fingerprint density at radius 3 is 2.67 bits per heavy atom. The number of non-ortho nitro benzene ring substituents is 1. The van der Waals surface area contributed by atoms with Crippen LogP contribution in [0.4, 0.5) is 5.69 Å². The topological polar surface area (TPSA) is 100 Å². The Kier molecular flexibility index (Phi) is 5.86. The predicted octanol–water partition coefficient (Wildman–Crippen LogP) is 3.14. The van der Waals surface area contributed by atoms with E-state index in [1.54, 1.807) is 30.3 Å². The van der Waals surface area contributed by atoms with Gasteiger partial charge in [0.25, 0.3) is 5.69 Å². The van der Waals surface area contributed by atoms with Crippen LogP contribution in [-0.2, 0) is 11.3 Å². The van der Waals surface area contributed by atoms with Crippen LogP contribution in [0.3, 0.4) is 0 Å². The van der Waals surface area contributed by atoms with Crippen LogP contribution in [0.25, 0.3) is 6.08 Å². The Morgan fingerprint density at radius 1 is 1.33 bits per heavy atom. The first-order valence-corrected chi connectivity index (χ1v) is 7.21. The summed E-state index contributed by atoms with van der Waals surface area (Å²) in [6.07, 6.45) is 4.70. The lowest BCUT2D eigenvalue weighted by molar-refractivity contribution is -0.384. The molecule has 1 heterocycles. The standard InChI is InChI=1S/C17H15N3O4/c18-10-2-11-19(13-16-3-1-12-24-16)17(21)9-6-14-4-7-15(8-5-14)20(22)23/h1,3-9,12H,2,11,13H2/b9-6+. The molecule has 7 heteroatoms. The highest BCUT2D eigenvalue weighted by Crippen LogP contribution is 2.13. The number of hydrogen-bond donors (Lipinski definition) is 0. The summed E-state index contributed by atoms with van der Waals surface area (Å²) in [5.41, 5.74) is 0.666. The minimum Gasteiger partial charge on any atom is -0.467 e. The molecule has 7 nitrogen and oxygen atoms in total. The summed E-state index contributed by atoms with van der Waals surface area (Å²) in [4.78, 5) is 23.9. The average molecular weight is 325 g/mol. The Balaban J connectivity index is 2.05. The molecule has 0 bridgehead atoms. The molecule has 0 unspecified atom stereocenters. The van der Waals surface area contributed by atoms with Gasteiger partial charge in [0.05, 0.1) is 30.2 Å². The predicted molar refractivity (Wildman–Crippen MR) is 86.5 cm³/mol. The van der Waals surface area contributed by atoms with Crippen molar-refractivity contribution in [3.05, 3.63) is 70.2 Å². The number of benzene rings is 1. The van der Waals surface area contributed by atoms with E-state index >= 15 is 0 Å². The number of nitrogens with zero attached hydrogens (tertiary/aromatic N) is 3. The molecule has 0 aliphatic rings. The van der Waals surface area contributed by atoms with Gasteiger partial charge in [0.15, 0.2) is 0 Å². The third-order valence-corrected chi connectivity index (χ3v) is 3.25. The van der Waals surface area contributed by atoms with Crippen LogP contribution in [0.2, 0.25) is 0 Å². The van der Waals surface area contributed by atoms with Crippen molar-refractivity contribution in [3.63, 3.8) is 0 Å². The van der Waals surface area contributed by atoms with Crippen molar-refractivity contribution in [2.45, 2.75) is 13.0 Å². The highest BCUT2D eigenvalue weighted by Gasteiger charge is 2.12. The van der Waals surface area contributed by atoms with Gasteiger partial charge in [0.1, 0.15) is 5.76 Å². The van der Waals surface area contributed by atoms with E-state index in [1.165, 1.54) is 29.4 Å². The molecule has 0 atom stereocenters. The molecule has 24 heavy (non-hydrogen) atoms. The van der Waals surface area contributed by atoms with Gasteiger partial charge < -0.3 is 9.32 Å². The maximum Gasteiger partial charge on any atom is 0.269 e. The molecule has 0 N–H and O–H groups in total. The lowest BCUT2D eigenvalue weighted by Crippen LogP contribution is -2.29. The minimum atomic E-state index is -0.481. The fraction of sp³-hybridized carbons (Fsp3) is 0.176. The Bertz CT molecular complexity index is 758. The molecule has 0 saturated carbocycles. The first-order chi connectivity index (χ1) is 11.6. The van der Waals surface area contributed by atoms with Crippen LogP contribution in [0.1, 0.15) is 17.7 Å². The van der Waals surface area contributed by atoms with Crippen LogP contribution < -0.4 is 0 Å². The van der Waals surface area contributed by atoms with Crippen molar-refractivity contribution in [2.24, 2.45) is 0 Å². The molecule has 0 aliphatic heterocycles. The van der Waals surface area contributed by atoms with Gasteiger partial charge >= 0.3 is 0 Å². The van der Waals surface area contributed by atoms with Crippen molar-refractivity contribution >= 4 is 17.7 Å². The molecule has 1 amide bonds. The van der Waals surface area contributed by atoms with Gasteiger partial charge in [-0.05, 0) is 35.9 Å². The minimum absolute atomic E-state index is 0.00746. The number of nitriles is 1. The normalized spacial score (nSPS) is 10.5. The molecule has 2 rings (SSSR count). The number of rotatable bonds is 7. The van der Waals surface area contributed by atoms with Crippen LogP contribution in [-0.4, -0.2) is 22.3 Å². The lowest BCUT2D eigenvalue weighted by atomic mass is 10.2. The van der Waals surface area contributed by atoms with Gasteiger partial charge in [-0.2, -0.15) is 5.26 Å². The zero-order valence-corrected chi connectivity index (χ0v) is 12.8. The van der Waals surface area contributed by atoms with Crippen molar-refractivity contribution in [2.75, 3.05) is 6.54 Å². The van der Waals surface area contributed by atoms with E-state index in [0.29, 0.717) is 17.9 Å². The molecular formula is C17H15N3O4. The van der Waals surface area contributed by atoms with Gasteiger partial charge in [-0.3, -0.25) is 14.9 Å². The van der Waals surface area contributed by atoms with E-state index in [1.807, 2.05) is 6.07 Å². The van der Waals surface area contributed by atoms with Crippen molar-refractivity contribution in [3.8, 4) is 6.07 Å². The van der Waals surface area contributed by atoms with Crippen LogP contribution in [0.15, 0.2) is 53.2 Å². The Hall–Kier alpha value is -3.40. The monoisotopic (exact) mass is 325 g/mol. The maximum atomic E-state index is 12.3. The molecule has 0 fully saturated rings. The summed E-state index contributed by atoms with van der Waals surface area (Å²) in [6.45, 7) is 0.568. The van der Waals surface area contributed by atoms with E-state index in [4.69, 9.17) is 9.68 Å². The Morgan fingerprint density at radius 2 is 2.08 bits per heavy atom. The molecule has 0 aliphatic carbocycles. The van der Waals surface area contributed by atoms with E-state index in [0.717, 1.165) is 0 Å². The summed E-state index contributed by atoms with van der Waals surface area (Å²) in [5, 5.41) is 19.3. The molecule has 0 spiro atoms. The van der Waals surface area contributed by atoms with Gasteiger partial charge in [-0.15, -0.1) is 0 Å². The van der Waals surface area contributed by atoms with Crippen molar-refractivity contribution < 1.29 is 14.1 Å². The maximum absolute atomic E-state index is 12.3. The fourth-order valence-electron chi connectivity index (χ4n) is 2.02. The molecule has 2 aromatic rings. The van der Waals surface area contributed by atoms with Crippen LogP contribution in [0.5, 0.6) is 0 Å². The number of furan rings is 1. The molecular weight excluding hydrogens is 310 g/mol.